The van der Waals surface area contributed by atoms with Crippen LogP contribution in [0.15, 0.2) is 0 Å². The Morgan fingerprint density at radius 2 is 2.30 bits per heavy atom. The van der Waals surface area contributed by atoms with Crippen LogP contribution in [0.1, 0.15) is 39.0 Å². The zero-order valence-electron chi connectivity index (χ0n) is 6.64. The highest BCUT2D eigenvalue weighted by Gasteiger charge is 2.22. The molecule has 1 heteroatoms. The molecule has 2 atom stereocenters. The van der Waals surface area contributed by atoms with Crippen molar-refractivity contribution in [3.05, 3.63) is 0 Å². The summed E-state index contributed by atoms with van der Waals surface area (Å²) in [5.74, 6) is 1.74. The van der Waals surface area contributed by atoms with Crippen molar-refractivity contribution >= 4 is 0 Å². The van der Waals surface area contributed by atoms with Crippen molar-refractivity contribution in [1.29, 1.82) is 5.26 Å². The van der Waals surface area contributed by atoms with Crippen LogP contribution < -0.4 is 0 Å². The number of rotatable bonds is 2. The van der Waals surface area contributed by atoms with E-state index >= 15 is 0 Å². The first-order valence-electron chi connectivity index (χ1n) is 4.21. The average Bonchev–Trinajstić information content (AvgIpc) is 2.31. The molecule has 1 saturated carbocycles. The van der Waals surface area contributed by atoms with Gasteiger partial charge in [-0.2, -0.15) is 5.26 Å². The van der Waals surface area contributed by atoms with Crippen molar-refractivity contribution in [3.8, 4) is 6.07 Å². The summed E-state index contributed by atoms with van der Waals surface area (Å²) < 4.78 is 0. The fraction of sp³-hybridized carbons (Fsp3) is 0.889. The molecule has 1 aliphatic rings. The lowest BCUT2D eigenvalue weighted by atomic mass is 9.94. The zero-order valence-corrected chi connectivity index (χ0v) is 6.64. The maximum Gasteiger partial charge on any atom is 0.0621 e. The molecule has 0 spiro atoms. The van der Waals surface area contributed by atoms with Gasteiger partial charge in [-0.1, -0.05) is 26.2 Å². The van der Waals surface area contributed by atoms with Gasteiger partial charge in [-0.25, -0.2) is 0 Å². The molecule has 0 saturated heterocycles. The summed E-state index contributed by atoms with van der Waals surface area (Å²) in [6.45, 7) is 2.31. The average molecular weight is 137 g/mol. The van der Waals surface area contributed by atoms with Crippen LogP contribution in [0, 0.1) is 23.2 Å². The topological polar surface area (TPSA) is 23.8 Å². The van der Waals surface area contributed by atoms with Gasteiger partial charge in [-0.3, -0.25) is 0 Å². The molecule has 10 heavy (non-hydrogen) atoms. The van der Waals surface area contributed by atoms with Crippen molar-refractivity contribution in [1.82, 2.24) is 0 Å². The van der Waals surface area contributed by atoms with Crippen molar-refractivity contribution in [2.24, 2.45) is 11.8 Å². The summed E-state index contributed by atoms with van der Waals surface area (Å²) in [4.78, 5) is 0. The molecule has 0 amide bonds. The Hall–Kier alpha value is -0.510. The summed E-state index contributed by atoms with van der Waals surface area (Å²) in [5.41, 5.74) is 0. The summed E-state index contributed by atoms with van der Waals surface area (Å²) in [7, 11) is 0. The molecule has 0 aromatic carbocycles. The second-order valence-electron chi connectivity index (χ2n) is 3.37. The van der Waals surface area contributed by atoms with E-state index in [-0.39, 0.29) is 0 Å². The number of nitrogens with zero attached hydrogens (tertiary/aromatic N) is 1. The molecule has 1 aliphatic carbocycles. The van der Waals surface area contributed by atoms with Crippen molar-refractivity contribution in [3.63, 3.8) is 0 Å². The van der Waals surface area contributed by atoms with E-state index in [0.717, 1.165) is 24.7 Å². The van der Waals surface area contributed by atoms with Crippen LogP contribution in [-0.4, -0.2) is 0 Å². The highest BCUT2D eigenvalue weighted by Crippen LogP contribution is 2.33. The van der Waals surface area contributed by atoms with Gasteiger partial charge in [0.25, 0.3) is 0 Å². The third-order valence-electron chi connectivity index (χ3n) is 2.67. The van der Waals surface area contributed by atoms with Crippen molar-refractivity contribution in [2.45, 2.75) is 39.0 Å². The molecule has 0 aliphatic heterocycles. The van der Waals surface area contributed by atoms with Crippen molar-refractivity contribution in [2.75, 3.05) is 0 Å². The highest BCUT2D eigenvalue weighted by atomic mass is 14.3. The van der Waals surface area contributed by atoms with Gasteiger partial charge in [0.2, 0.25) is 0 Å². The quantitative estimate of drug-likeness (QED) is 0.574. The van der Waals surface area contributed by atoms with Gasteiger partial charge < -0.3 is 0 Å². The third kappa shape index (κ3) is 1.73. The van der Waals surface area contributed by atoms with Gasteiger partial charge >= 0.3 is 0 Å². The number of hydrogen-bond acceptors (Lipinski definition) is 1. The Kier molecular flexibility index (Phi) is 2.74. The van der Waals surface area contributed by atoms with Gasteiger partial charge in [0, 0.05) is 6.42 Å². The molecule has 0 bridgehead atoms. The molecule has 0 radical (unpaired) electrons. The molecule has 0 aromatic rings. The Morgan fingerprint density at radius 1 is 1.50 bits per heavy atom. The molecule has 1 rings (SSSR count). The fourth-order valence-corrected chi connectivity index (χ4v) is 1.90. The highest BCUT2D eigenvalue weighted by molar-refractivity contribution is 4.78. The van der Waals surface area contributed by atoms with Crippen LogP contribution in [0.3, 0.4) is 0 Å². The first-order valence-corrected chi connectivity index (χ1v) is 4.21. The lowest BCUT2D eigenvalue weighted by Crippen LogP contribution is -2.02. The van der Waals surface area contributed by atoms with Crippen LogP contribution in [-0.2, 0) is 0 Å². The minimum absolute atomic E-state index is 0.759. The van der Waals surface area contributed by atoms with Gasteiger partial charge in [0.15, 0.2) is 0 Å². The molecular formula is C9H15N. The predicted octanol–water partition coefficient (Wildman–Crippen LogP) is 2.73. The number of nitriles is 1. The molecule has 0 aromatic heterocycles. The summed E-state index contributed by atoms with van der Waals surface area (Å²) in [5, 5.41) is 8.36. The Balaban J connectivity index is 2.21. The standard InChI is InChI=1S/C9H15N/c1-8-4-2-5-9(8)6-3-7-10/h8-9H,2-6H2,1H3/t8-,9+/m0/s1. The smallest absolute Gasteiger partial charge is 0.0621 e. The first kappa shape index (κ1) is 7.60. The number of hydrogen-bond donors (Lipinski definition) is 0. The second-order valence-corrected chi connectivity index (χ2v) is 3.37. The Labute approximate surface area is 63.0 Å². The van der Waals surface area contributed by atoms with E-state index in [1.54, 1.807) is 0 Å². The minimum atomic E-state index is 0.759. The second kappa shape index (κ2) is 3.61. The van der Waals surface area contributed by atoms with Crippen LogP contribution in [0.2, 0.25) is 0 Å². The summed E-state index contributed by atoms with van der Waals surface area (Å²) >= 11 is 0. The zero-order chi connectivity index (χ0) is 7.40. The first-order chi connectivity index (χ1) is 4.84. The molecule has 0 unspecified atom stereocenters. The van der Waals surface area contributed by atoms with Crippen LogP contribution >= 0.6 is 0 Å². The van der Waals surface area contributed by atoms with E-state index in [4.69, 9.17) is 5.26 Å². The minimum Gasteiger partial charge on any atom is -0.198 e. The summed E-state index contributed by atoms with van der Waals surface area (Å²) in [6, 6.07) is 2.22. The van der Waals surface area contributed by atoms with E-state index in [1.807, 2.05) is 0 Å². The Morgan fingerprint density at radius 3 is 2.80 bits per heavy atom. The lowest BCUT2D eigenvalue weighted by Gasteiger charge is -2.11. The van der Waals surface area contributed by atoms with Crippen LogP contribution in [0.25, 0.3) is 0 Å². The molecule has 0 heterocycles. The SMILES string of the molecule is C[C@H]1CCC[C@@H]1CCC#N. The van der Waals surface area contributed by atoms with Gasteiger partial charge in [0.1, 0.15) is 0 Å². The van der Waals surface area contributed by atoms with E-state index in [9.17, 15) is 0 Å². The van der Waals surface area contributed by atoms with Crippen LogP contribution in [0.4, 0.5) is 0 Å². The molecular weight excluding hydrogens is 122 g/mol. The molecule has 1 fully saturated rings. The third-order valence-corrected chi connectivity index (χ3v) is 2.67. The molecule has 1 nitrogen and oxygen atoms in total. The predicted molar refractivity (Wildman–Crippen MR) is 41.4 cm³/mol. The van der Waals surface area contributed by atoms with Gasteiger partial charge in [0.05, 0.1) is 6.07 Å². The molecule has 56 valence electrons. The summed E-state index contributed by atoms with van der Waals surface area (Å²) in [6.07, 6.45) is 6.03. The van der Waals surface area contributed by atoms with Crippen LogP contribution in [0.5, 0.6) is 0 Å². The Bertz CT molecular complexity index is 134. The van der Waals surface area contributed by atoms with Gasteiger partial charge in [-0.05, 0) is 18.3 Å². The maximum atomic E-state index is 8.36. The lowest BCUT2D eigenvalue weighted by molar-refractivity contribution is 0.396. The molecule has 0 N–H and O–H groups in total. The fourth-order valence-electron chi connectivity index (χ4n) is 1.90. The van der Waals surface area contributed by atoms with E-state index in [0.29, 0.717) is 0 Å². The maximum absolute atomic E-state index is 8.36. The van der Waals surface area contributed by atoms with E-state index in [2.05, 4.69) is 13.0 Å². The van der Waals surface area contributed by atoms with E-state index < -0.39 is 0 Å². The van der Waals surface area contributed by atoms with Gasteiger partial charge in [-0.15, -0.1) is 0 Å². The normalized spacial score (nSPS) is 32.0. The largest absolute Gasteiger partial charge is 0.198 e. The van der Waals surface area contributed by atoms with E-state index in [1.165, 1.54) is 19.3 Å². The monoisotopic (exact) mass is 137 g/mol. The van der Waals surface area contributed by atoms with Crippen molar-refractivity contribution < 1.29 is 0 Å².